The van der Waals surface area contributed by atoms with Crippen LogP contribution in [0.15, 0.2) is 0 Å². The number of amides is 1. The topological polar surface area (TPSA) is 29.1 Å². The molecule has 17 heavy (non-hydrogen) atoms. The van der Waals surface area contributed by atoms with E-state index in [1.165, 1.54) is 32.1 Å². The predicted octanol–water partition coefficient (Wildman–Crippen LogP) is 3.90. The van der Waals surface area contributed by atoms with E-state index in [0.29, 0.717) is 17.9 Å². The van der Waals surface area contributed by atoms with E-state index >= 15 is 0 Å². The number of unbranched alkanes of at least 4 members (excludes halogenated alkanes) is 2. The van der Waals surface area contributed by atoms with Gasteiger partial charge in [-0.15, -0.1) is 0 Å². The summed E-state index contributed by atoms with van der Waals surface area (Å²) in [4.78, 5) is 12.0. The molecule has 0 spiro atoms. The van der Waals surface area contributed by atoms with Crippen molar-refractivity contribution >= 4 is 5.91 Å². The molecule has 1 rings (SSSR count). The lowest BCUT2D eigenvalue weighted by Crippen LogP contribution is -2.38. The Morgan fingerprint density at radius 2 is 1.88 bits per heavy atom. The van der Waals surface area contributed by atoms with Gasteiger partial charge in [-0.1, -0.05) is 33.1 Å². The molecule has 100 valence electrons. The number of rotatable bonds is 6. The lowest BCUT2D eigenvalue weighted by molar-refractivity contribution is -0.126. The van der Waals surface area contributed by atoms with E-state index in [-0.39, 0.29) is 0 Å². The highest BCUT2D eigenvalue weighted by Gasteiger charge is 2.24. The van der Waals surface area contributed by atoms with Gasteiger partial charge in [-0.25, -0.2) is 0 Å². The molecule has 1 saturated carbocycles. The van der Waals surface area contributed by atoms with Crippen molar-refractivity contribution in [1.29, 1.82) is 0 Å². The second kappa shape index (κ2) is 7.73. The first-order chi connectivity index (χ1) is 8.13. The van der Waals surface area contributed by atoms with Gasteiger partial charge in [0.05, 0.1) is 0 Å². The zero-order valence-electron chi connectivity index (χ0n) is 11.8. The highest BCUT2D eigenvalue weighted by molar-refractivity contribution is 5.78. The zero-order chi connectivity index (χ0) is 12.7. The standard InChI is InChI=1S/C15H29NO/c1-4-5-6-7-13(3)16-15(17)14-10-8-12(2)9-11-14/h12-14H,4-11H2,1-3H3,(H,16,17). The third-order valence-electron chi connectivity index (χ3n) is 4.02. The van der Waals surface area contributed by atoms with Crippen molar-refractivity contribution in [3.8, 4) is 0 Å². The molecule has 1 fully saturated rings. The number of hydrogen-bond acceptors (Lipinski definition) is 1. The van der Waals surface area contributed by atoms with Gasteiger partial charge in [-0.2, -0.15) is 0 Å². The lowest BCUT2D eigenvalue weighted by atomic mass is 9.82. The molecule has 1 aliphatic carbocycles. The first-order valence-electron chi connectivity index (χ1n) is 7.43. The molecule has 2 heteroatoms. The van der Waals surface area contributed by atoms with Gasteiger partial charge >= 0.3 is 0 Å². The first-order valence-corrected chi connectivity index (χ1v) is 7.43. The molecule has 0 radical (unpaired) electrons. The van der Waals surface area contributed by atoms with E-state index in [1.54, 1.807) is 0 Å². The third kappa shape index (κ3) is 5.56. The molecule has 0 heterocycles. The molecular weight excluding hydrogens is 210 g/mol. The molecular formula is C15H29NO. The summed E-state index contributed by atoms with van der Waals surface area (Å²) in [5.74, 6) is 1.42. The van der Waals surface area contributed by atoms with E-state index in [4.69, 9.17) is 0 Å². The summed E-state index contributed by atoms with van der Waals surface area (Å²) in [5.41, 5.74) is 0. The smallest absolute Gasteiger partial charge is 0.223 e. The van der Waals surface area contributed by atoms with E-state index in [9.17, 15) is 4.79 Å². The monoisotopic (exact) mass is 239 g/mol. The maximum absolute atomic E-state index is 12.0. The Balaban J connectivity index is 2.19. The number of hydrogen-bond donors (Lipinski definition) is 1. The van der Waals surface area contributed by atoms with Crippen molar-refractivity contribution in [3.05, 3.63) is 0 Å². The van der Waals surface area contributed by atoms with Gasteiger partial charge in [0.2, 0.25) is 5.91 Å². The molecule has 0 aromatic carbocycles. The van der Waals surface area contributed by atoms with E-state index < -0.39 is 0 Å². The van der Waals surface area contributed by atoms with Crippen LogP contribution in [0.3, 0.4) is 0 Å². The molecule has 0 saturated heterocycles. The van der Waals surface area contributed by atoms with Gasteiger partial charge in [0.1, 0.15) is 0 Å². The average molecular weight is 239 g/mol. The summed E-state index contributed by atoms with van der Waals surface area (Å²) >= 11 is 0. The van der Waals surface area contributed by atoms with E-state index in [1.807, 2.05) is 0 Å². The summed E-state index contributed by atoms with van der Waals surface area (Å²) in [6, 6.07) is 0.355. The molecule has 0 aromatic heterocycles. The minimum absolute atomic E-state index is 0.292. The van der Waals surface area contributed by atoms with Crippen LogP contribution in [0.4, 0.5) is 0 Å². The largest absolute Gasteiger partial charge is 0.353 e. The quantitative estimate of drug-likeness (QED) is 0.700. The number of carbonyl (C=O) groups excluding carboxylic acids is 1. The Morgan fingerprint density at radius 1 is 1.24 bits per heavy atom. The van der Waals surface area contributed by atoms with Crippen LogP contribution in [0.25, 0.3) is 0 Å². The Hall–Kier alpha value is -0.530. The Labute approximate surface area is 107 Å². The fraction of sp³-hybridized carbons (Fsp3) is 0.933. The summed E-state index contributed by atoms with van der Waals surface area (Å²) in [7, 11) is 0. The number of carbonyl (C=O) groups is 1. The molecule has 1 atom stereocenters. The average Bonchev–Trinajstić information content (AvgIpc) is 2.30. The summed E-state index contributed by atoms with van der Waals surface area (Å²) < 4.78 is 0. The molecule has 1 aliphatic rings. The molecule has 2 nitrogen and oxygen atoms in total. The lowest BCUT2D eigenvalue weighted by Gasteiger charge is -2.26. The fourth-order valence-electron chi connectivity index (χ4n) is 2.66. The van der Waals surface area contributed by atoms with Crippen LogP contribution >= 0.6 is 0 Å². The second-order valence-corrected chi connectivity index (χ2v) is 5.86. The molecule has 1 amide bonds. The second-order valence-electron chi connectivity index (χ2n) is 5.86. The fourth-order valence-corrected chi connectivity index (χ4v) is 2.66. The minimum atomic E-state index is 0.292. The van der Waals surface area contributed by atoms with Gasteiger partial charge in [0, 0.05) is 12.0 Å². The van der Waals surface area contributed by atoms with Crippen molar-refractivity contribution in [2.75, 3.05) is 0 Å². The van der Waals surface area contributed by atoms with Crippen LogP contribution in [0.5, 0.6) is 0 Å². The van der Waals surface area contributed by atoms with Crippen molar-refractivity contribution in [2.45, 2.75) is 78.2 Å². The first kappa shape index (κ1) is 14.5. The van der Waals surface area contributed by atoms with Crippen molar-refractivity contribution in [1.82, 2.24) is 5.32 Å². The van der Waals surface area contributed by atoms with Crippen molar-refractivity contribution in [2.24, 2.45) is 11.8 Å². The van der Waals surface area contributed by atoms with Crippen molar-refractivity contribution < 1.29 is 4.79 Å². The third-order valence-corrected chi connectivity index (χ3v) is 4.02. The predicted molar refractivity (Wildman–Crippen MR) is 72.9 cm³/mol. The SMILES string of the molecule is CCCCCC(C)NC(=O)C1CCC(C)CC1. The van der Waals surface area contributed by atoms with Crippen LogP contribution in [-0.4, -0.2) is 11.9 Å². The minimum Gasteiger partial charge on any atom is -0.353 e. The highest BCUT2D eigenvalue weighted by atomic mass is 16.1. The van der Waals surface area contributed by atoms with Gasteiger partial charge in [-0.05, 0) is 44.9 Å². The maximum atomic E-state index is 12.0. The summed E-state index contributed by atoms with van der Waals surface area (Å²) in [6.07, 6.45) is 9.53. The van der Waals surface area contributed by atoms with Gasteiger partial charge in [0.25, 0.3) is 0 Å². The maximum Gasteiger partial charge on any atom is 0.223 e. The van der Waals surface area contributed by atoms with E-state index in [2.05, 4.69) is 26.1 Å². The van der Waals surface area contributed by atoms with Crippen molar-refractivity contribution in [3.63, 3.8) is 0 Å². The van der Waals surface area contributed by atoms with Crippen LogP contribution in [0, 0.1) is 11.8 Å². The normalized spacial score (nSPS) is 26.5. The van der Waals surface area contributed by atoms with Crippen LogP contribution in [0.1, 0.15) is 72.1 Å². The number of nitrogens with one attached hydrogen (secondary N) is 1. The van der Waals surface area contributed by atoms with Crippen LogP contribution < -0.4 is 5.32 Å². The Kier molecular flexibility index (Phi) is 6.61. The summed E-state index contributed by atoms with van der Waals surface area (Å²) in [6.45, 7) is 6.65. The molecule has 0 bridgehead atoms. The van der Waals surface area contributed by atoms with Gasteiger partial charge < -0.3 is 5.32 Å². The summed E-state index contributed by atoms with van der Waals surface area (Å²) in [5, 5.41) is 3.18. The molecule has 0 aliphatic heterocycles. The van der Waals surface area contributed by atoms with Crippen LogP contribution in [0.2, 0.25) is 0 Å². The zero-order valence-corrected chi connectivity index (χ0v) is 11.8. The Morgan fingerprint density at radius 3 is 2.47 bits per heavy atom. The van der Waals surface area contributed by atoms with Gasteiger partial charge in [-0.3, -0.25) is 4.79 Å². The molecule has 1 unspecified atom stereocenters. The van der Waals surface area contributed by atoms with Crippen LogP contribution in [-0.2, 0) is 4.79 Å². The van der Waals surface area contributed by atoms with Gasteiger partial charge in [0.15, 0.2) is 0 Å². The molecule has 1 N–H and O–H groups in total. The van der Waals surface area contributed by atoms with E-state index in [0.717, 1.165) is 25.2 Å². The highest BCUT2D eigenvalue weighted by Crippen LogP contribution is 2.28. The Bertz CT molecular complexity index is 219. The molecule has 0 aromatic rings.